The van der Waals surface area contributed by atoms with Crippen molar-refractivity contribution in [2.45, 2.75) is 264 Å². The van der Waals surface area contributed by atoms with Crippen LogP contribution in [0.15, 0.2) is 12.2 Å². The van der Waals surface area contributed by atoms with Crippen LogP contribution >= 0.6 is 7.82 Å². The predicted octanol–water partition coefficient (Wildman–Crippen LogP) is 14.0. The highest BCUT2D eigenvalue weighted by atomic mass is 31.2. The van der Waals surface area contributed by atoms with Gasteiger partial charge in [0, 0.05) is 12.8 Å². The molecule has 0 spiro atoms. The first-order chi connectivity index (χ1) is 29.6. The predicted molar refractivity (Wildman–Crippen MR) is 249 cm³/mol. The van der Waals surface area contributed by atoms with E-state index in [0.29, 0.717) is 12.8 Å². The van der Waals surface area contributed by atoms with Gasteiger partial charge in [-0.15, -0.1) is 0 Å². The normalized spacial score (nSPS) is 13.6. The molecule has 61 heavy (non-hydrogen) atoms. The van der Waals surface area contributed by atoms with Crippen molar-refractivity contribution in [3.05, 3.63) is 12.2 Å². The minimum atomic E-state index is -4.72. The molecule has 0 aromatic rings. The molecule has 0 aliphatic rings. The Morgan fingerprint density at radius 2 is 0.852 bits per heavy atom. The molecule has 0 rings (SSSR count). The molecule has 4 N–H and O–H groups in total. The lowest BCUT2D eigenvalue weighted by Crippen LogP contribution is -2.34. The third kappa shape index (κ3) is 44.6. The molecule has 3 atom stereocenters. The lowest BCUT2D eigenvalue weighted by molar-refractivity contribution is -0.161. The van der Waals surface area contributed by atoms with Crippen LogP contribution in [-0.2, 0) is 37.5 Å². The number of carbonyl (C=O) groups excluding carboxylic acids is 2. The van der Waals surface area contributed by atoms with Gasteiger partial charge in [-0.2, -0.15) is 0 Å². The van der Waals surface area contributed by atoms with E-state index in [1.54, 1.807) is 0 Å². The topological polar surface area (TPSA) is 172 Å². The quantitative estimate of drug-likeness (QED) is 0.0230. The number of esters is 2. The Bertz CT molecular complexity index is 1090. The summed E-state index contributed by atoms with van der Waals surface area (Å²) in [4.78, 5) is 46.1. The maximum absolute atomic E-state index is 12.7. The Kier molecular flexibility index (Phi) is 43.5. The first kappa shape index (κ1) is 59.2. The van der Waals surface area contributed by atoms with Gasteiger partial charge in [0.1, 0.15) is 12.6 Å². The lowest BCUT2D eigenvalue weighted by atomic mass is 10.0. The number of hydrogen-bond donors (Lipinski definition) is 3. The SMILES string of the molecule is CCCCCCCCCCCCC/C=C/CCC(=O)OC[C@@H](COP(=O)(O)OC[C@H](N)C(=O)O)OC(=O)CCCCCCCCCCCCCCCCCCCCCCCC. The number of ether oxygens (including phenoxy) is 2. The molecule has 0 bridgehead atoms. The van der Waals surface area contributed by atoms with Crippen molar-refractivity contribution in [2.75, 3.05) is 19.8 Å². The van der Waals surface area contributed by atoms with Crippen LogP contribution in [0.3, 0.4) is 0 Å². The summed E-state index contributed by atoms with van der Waals surface area (Å²) in [7, 11) is -4.72. The Labute approximate surface area is 373 Å². The monoisotopic (exact) mass is 888 g/mol. The van der Waals surface area contributed by atoms with E-state index >= 15 is 0 Å². The molecule has 0 aromatic heterocycles. The molecule has 360 valence electrons. The second-order valence-electron chi connectivity index (χ2n) is 17.3. The molecule has 0 amide bonds. The van der Waals surface area contributed by atoms with Gasteiger partial charge in [0.15, 0.2) is 6.10 Å². The average molecular weight is 888 g/mol. The van der Waals surface area contributed by atoms with Gasteiger partial charge < -0.3 is 25.2 Å². The first-order valence-electron chi connectivity index (χ1n) is 25.2. The van der Waals surface area contributed by atoms with Gasteiger partial charge in [0.05, 0.1) is 13.2 Å². The van der Waals surface area contributed by atoms with Gasteiger partial charge in [-0.3, -0.25) is 23.4 Å². The van der Waals surface area contributed by atoms with Crippen molar-refractivity contribution >= 4 is 25.7 Å². The lowest BCUT2D eigenvalue weighted by Gasteiger charge is -2.20. The van der Waals surface area contributed by atoms with Crippen LogP contribution in [0.25, 0.3) is 0 Å². The fraction of sp³-hybridized carbons (Fsp3) is 0.898. The van der Waals surface area contributed by atoms with E-state index in [1.807, 2.05) is 6.08 Å². The maximum Gasteiger partial charge on any atom is 0.472 e. The molecule has 0 aliphatic heterocycles. The first-order valence-corrected chi connectivity index (χ1v) is 26.7. The van der Waals surface area contributed by atoms with Gasteiger partial charge in [-0.1, -0.05) is 225 Å². The zero-order chi connectivity index (χ0) is 44.9. The van der Waals surface area contributed by atoms with E-state index in [2.05, 4.69) is 24.4 Å². The number of phosphoric ester groups is 1. The number of rotatable bonds is 48. The number of carboxylic acids is 1. The zero-order valence-corrected chi connectivity index (χ0v) is 40.2. The summed E-state index contributed by atoms with van der Waals surface area (Å²) >= 11 is 0. The van der Waals surface area contributed by atoms with Gasteiger partial charge in [0.25, 0.3) is 0 Å². The summed E-state index contributed by atoms with van der Waals surface area (Å²) in [5, 5.41) is 8.91. The summed E-state index contributed by atoms with van der Waals surface area (Å²) in [5.41, 5.74) is 5.35. The van der Waals surface area contributed by atoms with Gasteiger partial charge in [0.2, 0.25) is 0 Å². The Morgan fingerprint density at radius 3 is 1.26 bits per heavy atom. The number of nitrogens with two attached hydrogens (primary N) is 1. The molecule has 0 fully saturated rings. The van der Waals surface area contributed by atoms with Gasteiger partial charge >= 0.3 is 25.7 Å². The Morgan fingerprint density at radius 1 is 0.492 bits per heavy atom. The van der Waals surface area contributed by atoms with E-state index in [0.717, 1.165) is 32.1 Å². The number of aliphatic carboxylic acids is 1. The fourth-order valence-electron chi connectivity index (χ4n) is 7.32. The van der Waals surface area contributed by atoms with Crippen molar-refractivity contribution in [1.29, 1.82) is 0 Å². The average Bonchev–Trinajstić information content (AvgIpc) is 3.24. The second-order valence-corrected chi connectivity index (χ2v) is 18.8. The van der Waals surface area contributed by atoms with Crippen molar-refractivity contribution in [3.63, 3.8) is 0 Å². The number of carbonyl (C=O) groups is 3. The van der Waals surface area contributed by atoms with Crippen molar-refractivity contribution in [3.8, 4) is 0 Å². The van der Waals surface area contributed by atoms with Crippen molar-refractivity contribution in [2.24, 2.45) is 5.73 Å². The van der Waals surface area contributed by atoms with Crippen LogP contribution in [0.5, 0.6) is 0 Å². The van der Waals surface area contributed by atoms with Crippen LogP contribution < -0.4 is 5.73 Å². The fourth-order valence-corrected chi connectivity index (χ4v) is 8.10. The third-order valence-electron chi connectivity index (χ3n) is 11.3. The second kappa shape index (κ2) is 44.8. The number of unbranched alkanes of at least 4 members (excludes halogenated alkanes) is 32. The summed E-state index contributed by atoms with van der Waals surface area (Å²) in [6.07, 6.45) is 47.2. The molecule has 11 nitrogen and oxygen atoms in total. The number of allylic oxidation sites excluding steroid dienone is 2. The maximum atomic E-state index is 12.7. The van der Waals surface area contributed by atoms with Gasteiger partial charge in [-0.05, 0) is 25.7 Å². The molecule has 0 saturated heterocycles. The molecular formula is C49H94NO10P. The number of phosphoric acid groups is 1. The van der Waals surface area contributed by atoms with Crippen LogP contribution in [-0.4, -0.2) is 59.9 Å². The standard InChI is InChI=1S/C49H94NO10P/c1-3-5-7-9-11-13-15-17-19-20-21-22-23-24-25-27-29-31-33-35-37-39-41-48(52)60-45(43-58-61(55,56)59-44-46(50)49(53)54)42-57-47(51)40-38-36-34-32-30-28-26-18-16-14-12-10-8-6-4-2/h34,36,45-46H,3-33,35,37-44,50H2,1-2H3,(H,53,54)(H,55,56)/b36-34+/t45-,46-/m0/s1. The van der Waals surface area contributed by atoms with E-state index in [1.165, 1.54) is 180 Å². The van der Waals surface area contributed by atoms with Crippen LogP contribution in [0.2, 0.25) is 0 Å². The minimum Gasteiger partial charge on any atom is -0.480 e. The molecule has 12 heteroatoms. The smallest absolute Gasteiger partial charge is 0.472 e. The zero-order valence-electron chi connectivity index (χ0n) is 39.3. The van der Waals surface area contributed by atoms with Crippen LogP contribution in [0.4, 0.5) is 0 Å². The largest absolute Gasteiger partial charge is 0.480 e. The molecule has 1 unspecified atom stereocenters. The van der Waals surface area contributed by atoms with E-state index in [4.69, 9.17) is 24.8 Å². The summed E-state index contributed by atoms with van der Waals surface area (Å²) in [5.74, 6) is -2.42. The van der Waals surface area contributed by atoms with Crippen molar-refractivity contribution < 1.29 is 47.5 Å². The van der Waals surface area contributed by atoms with Crippen LogP contribution in [0, 0.1) is 0 Å². The highest BCUT2D eigenvalue weighted by Gasteiger charge is 2.28. The third-order valence-corrected chi connectivity index (χ3v) is 12.2. The Balaban J connectivity index is 4.22. The molecule has 0 aliphatic carbocycles. The molecule has 0 saturated carbocycles. The number of hydrogen-bond acceptors (Lipinski definition) is 9. The highest BCUT2D eigenvalue weighted by Crippen LogP contribution is 2.43. The Hall–Kier alpha value is -1.78. The van der Waals surface area contributed by atoms with Gasteiger partial charge in [-0.25, -0.2) is 4.57 Å². The summed E-state index contributed by atoms with van der Waals surface area (Å²) in [6.45, 7) is 2.82. The number of carboxylic acid groups (broad SMARTS) is 1. The van der Waals surface area contributed by atoms with E-state index in [9.17, 15) is 23.8 Å². The van der Waals surface area contributed by atoms with Crippen molar-refractivity contribution in [1.82, 2.24) is 0 Å². The highest BCUT2D eigenvalue weighted by molar-refractivity contribution is 7.47. The summed E-state index contributed by atoms with van der Waals surface area (Å²) in [6, 6.07) is -1.52. The summed E-state index contributed by atoms with van der Waals surface area (Å²) < 4.78 is 32.8. The van der Waals surface area contributed by atoms with E-state index in [-0.39, 0.29) is 19.4 Å². The molecule has 0 heterocycles. The van der Waals surface area contributed by atoms with E-state index < -0.39 is 51.1 Å². The molecule has 0 aromatic carbocycles. The van der Waals surface area contributed by atoms with Crippen LogP contribution in [0.1, 0.15) is 251 Å². The minimum absolute atomic E-state index is 0.143. The molecule has 0 radical (unpaired) electrons. The molecular weight excluding hydrogens is 794 g/mol.